The maximum Gasteiger partial charge on any atom is 0.306 e. The molecule has 0 atom stereocenters. The molecule has 1 saturated carbocycles. The largest absolute Gasteiger partial charge is 0.494 e. The summed E-state index contributed by atoms with van der Waals surface area (Å²) in [5, 5.41) is 0. The Balaban J connectivity index is 1.19. The Morgan fingerprint density at radius 3 is 1.97 bits per heavy atom. The molecule has 2 fully saturated rings. The summed E-state index contributed by atoms with van der Waals surface area (Å²) in [5.41, 5.74) is 3.94. The number of ether oxygens (including phenoxy) is 2. The van der Waals surface area contributed by atoms with E-state index in [9.17, 15) is 4.79 Å². The fraction of sp³-hybridized carbons (Fsp3) is 0.606. The molecule has 2 aromatic rings. The van der Waals surface area contributed by atoms with Gasteiger partial charge in [0.05, 0.1) is 6.61 Å². The van der Waals surface area contributed by atoms with Crippen LogP contribution in [0.15, 0.2) is 48.5 Å². The molecule has 1 aliphatic carbocycles. The van der Waals surface area contributed by atoms with Crippen molar-refractivity contribution >= 4 is 5.97 Å². The van der Waals surface area contributed by atoms with Crippen LogP contribution in [-0.2, 0) is 9.53 Å². The zero-order valence-corrected chi connectivity index (χ0v) is 23.9. The fourth-order valence-corrected chi connectivity index (χ4v) is 6.30. The van der Waals surface area contributed by atoms with Crippen LogP contribution in [0.25, 0.3) is 11.1 Å². The molecule has 4 nitrogen and oxygen atoms in total. The number of likely N-dealkylation sites (tertiary alicyclic amines) is 1. The molecule has 0 spiro atoms. The van der Waals surface area contributed by atoms with Gasteiger partial charge < -0.3 is 9.47 Å². The molecule has 0 radical (unpaired) electrons. The molecule has 2 aromatic carbocycles. The van der Waals surface area contributed by atoms with Gasteiger partial charge in [-0.3, -0.25) is 9.69 Å². The molecule has 1 heterocycles. The second-order valence-electron chi connectivity index (χ2n) is 12.8. The summed E-state index contributed by atoms with van der Waals surface area (Å²) < 4.78 is 11.8. The van der Waals surface area contributed by atoms with Crippen LogP contribution in [0, 0.1) is 5.92 Å². The summed E-state index contributed by atoms with van der Waals surface area (Å²) in [7, 11) is 2.16. The minimum atomic E-state index is -0.119. The van der Waals surface area contributed by atoms with Crippen LogP contribution >= 0.6 is 0 Å². The molecular formula is C33H47NO3. The zero-order valence-electron chi connectivity index (χ0n) is 23.9. The molecular weight excluding hydrogens is 458 g/mol. The molecule has 0 unspecified atom stereocenters. The number of carbonyl (C=O) groups excluding carboxylic acids is 1. The number of carbonyl (C=O) groups is 1. The molecule has 4 rings (SSSR count). The van der Waals surface area contributed by atoms with Crippen LogP contribution < -0.4 is 4.74 Å². The van der Waals surface area contributed by atoms with Gasteiger partial charge in [-0.25, -0.2) is 0 Å². The highest BCUT2D eigenvalue weighted by Gasteiger charge is 2.44. The lowest BCUT2D eigenvalue weighted by Crippen LogP contribution is -2.60. The molecule has 0 N–H and O–H groups in total. The summed E-state index contributed by atoms with van der Waals surface area (Å²) >= 11 is 0. The summed E-state index contributed by atoms with van der Waals surface area (Å²) in [6.45, 7) is 11.8. The van der Waals surface area contributed by atoms with Gasteiger partial charge in [0.1, 0.15) is 11.9 Å². The highest BCUT2D eigenvalue weighted by atomic mass is 16.5. The van der Waals surface area contributed by atoms with Gasteiger partial charge in [-0.1, -0.05) is 56.2 Å². The van der Waals surface area contributed by atoms with Gasteiger partial charge in [-0.15, -0.1) is 0 Å². The van der Waals surface area contributed by atoms with E-state index in [1.54, 1.807) is 0 Å². The number of esters is 1. The van der Waals surface area contributed by atoms with Crippen molar-refractivity contribution in [1.29, 1.82) is 0 Å². The zero-order chi connectivity index (χ0) is 26.6. The monoisotopic (exact) mass is 505 g/mol. The highest BCUT2D eigenvalue weighted by molar-refractivity contribution is 5.69. The first-order valence-electron chi connectivity index (χ1n) is 14.3. The van der Waals surface area contributed by atoms with Crippen molar-refractivity contribution in [2.45, 2.75) is 109 Å². The third kappa shape index (κ3) is 7.16. The van der Waals surface area contributed by atoms with Crippen molar-refractivity contribution in [2.75, 3.05) is 13.7 Å². The standard InChI is InChI=1S/C33H47NO3/c1-24-9-11-25(12-10-24)26-13-15-27(16-14-26)28-17-19-29(20-18-28)36-21-7-8-31(35)37-30-22-32(2,3)34(6)33(4,5)23-30/h13-20,24-25,30H,7-12,21-23H2,1-6H3. The topological polar surface area (TPSA) is 38.8 Å². The number of piperidine rings is 1. The molecule has 2 aliphatic rings. The number of nitrogens with zero attached hydrogens (tertiary/aromatic N) is 1. The van der Waals surface area contributed by atoms with Crippen LogP contribution in [0.4, 0.5) is 0 Å². The van der Waals surface area contributed by atoms with Gasteiger partial charge in [0.25, 0.3) is 0 Å². The molecule has 0 amide bonds. The first kappa shape index (κ1) is 27.7. The van der Waals surface area contributed by atoms with E-state index in [0.717, 1.165) is 30.4 Å². The van der Waals surface area contributed by atoms with Crippen LogP contribution in [0.5, 0.6) is 5.75 Å². The lowest BCUT2D eigenvalue weighted by Gasteiger charge is -2.53. The van der Waals surface area contributed by atoms with Crippen LogP contribution in [-0.4, -0.2) is 41.7 Å². The summed E-state index contributed by atoms with van der Waals surface area (Å²) in [6, 6.07) is 17.4. The van der Waals surface area contributed by atoms with Crippen LogP contribution in [0.1, 0.15) is 97.5 Å². The Kier molecular flexibility index (Phi) is 8.68. The predicted molar refractivity (Wildman–Crippen MR) is 152 cm³/mol. The number of hydrogen-bond acceptors (Lipinski definition) is 4. The molecule has 0 bridgehead atoms. The van der Waals surface area contributed by atoms with E-state index in [1.165, 1.54) is 42.4 Å². The van der Waals surface area contributed by atoms with E-state index in [4.69, 9.17) is 9.47 Å². The van der Waals surface area contributed by atoms with E-state index >= 15 is 0 Å². The predicted octanol–water partition coefficient (Wildman–Crippen LogP) is 8.00. The van der Waals surface area contributed by atoms with Gasteiger partial charge in [0.2, 0.25) is 0 Å². The van der Waals surface area contributed by atoms with Crippen molar-refractivity contribution in [3.8, 4) is 16.9 Å². The Hall–Kier alpha value is -2.33. The quantitative estimate of drug-likeness (QED) is 0.269. The first-order valence-corrected chi connectivity index (χ1v) is 14.3. The second kappa shape index (κ2) is 11.6. The maximum absolute atomic E-state index is 12.5. The van der Waals surface area contributed by atoms with Gasteiger partial charge in [0, 0.05) is 30.3 Å². The minimum absolute atomic E-state index is 0.0121. The molecule has 1 saturated heterocycles. The van der Waals surface area contributed by atoms with Crippen molar-refractivity contribution in [3.05, 3.63) is 54.1 Å². The van der Waals surface area contributed by atoms with Gasteiger partial charge in [-0.2, -0.15) is 0 Å². The molecule has 37 heavy (non-hydrogen) atoms. The molecule has 0 aromatic heterocycles. The highest BCUT2D eigenvalue weighted by Crippen LogP contribution is 2.38. The van der Waals surface area contributed by atoms with Crippen LogP contribution in [0.3, 0.4) is 0 Å². The number of rotatable bonds is 8. The van der Waals surface area contributed by atoms with Crippen molar-refractivity contribution < 1.29 is 14.3 Å². The Bertz CT molecular complexity index is 999. The fourth-order valence-electron chi connectivity index (χ4n) is 6.30. The van der Waals surface area contributed by atoms with E-state index in [1.807, 2.05) is 12.1 Å². The Labute approximate surface area is 224 Å². The van der Waals surface area contributed by atoms with Gasteiger partial charge >= 0.3 is 5.97 Å². The number of hydrogen-bond donors (Lipinski definition) is 0. The summed E-state index contributed by atoms with van der Waals surface area (Å²) in [4.78, 5) is 14.9. The SMILES string of the molecule is CC1CCC(c2ccc(-c3ccc(OCCCC(=O)OC4CC(C)(C)N(C)C(C)(C)C4)cc3)cc2)CC1. The molecule has 1 aliphatic heterocycles. The normalized spacial score (nSPS) is 23.9. The van der Waals surface area contributed by atoms with Crippen molar-refractivity contribution in [3.63, 3.8) is 0 Å². The van der Waals surface area contributed by atoms with Crippen molar-refractivity contribution in [1.82, 2.24) is 4.90 Å². The second-order valence-corrected chi connectivity index (χ2v) is 12.8. The minimum Gasteiger partial charge on any atom is -0.494 e. The van der Waals surface area contributed by atoms with E-state index in [0.29, 0.717) is 19.4 Å². The first-order chi connectivity index (χ1) is 17.5. The average molecular weight is 506 g/mol. The number of benzene rings is 2. The molecule has 4 heteroatoms. The van der Waals surface area contributed by atoms with Crippen molar-refractivity contribution in [2.24, 2.45) is 5.92 Å². The Morgan fingerprint density at radius 1 is 0.865 bits per heavy atom. The van der Waals surface area contributed by atoms with Crippen LogP contribution in [0.2, 0.25) is 0 Å². The Morgan fingerprint density at radius 2 is 1.41 bits per heavy atom. The van der Waals surface area contributed by atoms with Gasteiger partial charge in [0.15, 0.2) is 0 Å². The summed E-state index contributed by atoms with van der Waals surface area (Å²) in [5.74, 6) is 2.32. The lowest BCUT2D eigenvalue weighted by atomic mass is 9.79. The van der Waals surface area contributed by atoms with E-state index in [-0.39, 0.29) is 23.2 Å². The average Bonchev–Trinajstić information content (AvgIpc) is 2.86. The van der Waals surface area contributed by atoms with Gasteiger partial charge in [-0.05, 0) is 94.7 Å². The lowest BCUT2D eigenvalue weighted by molar-refractivity contribution is -0.159. The smallest absolute Gasteiger partial charge is 0.306 e. The third-order valence-electron chi connectivity index (χ3n) is 8.95. The third-order valence-corrected chi connectivity index (χ3v) is 8.95. The summed E-state index contributed by atoms with van der Waals surface area (Å²) in [6.07, 6.45) is 8.08. The van der Waals surface area contributed by atoms with E-state index in [2.05, 4.69) is 83.0 Å². The van der Waals surface area contributed by atoms with E-state index < -0.39 is 0 Å². The molecule has 202 valence electrons. The maximum atomic E-state index is 12.5.